The molecule has 3 aliphatic rings. The van der Waals surface area contributed by atoms with Crippen molar-refractivity contribution in [3.05, 3.63) is 39.7 Å². The number of hydrogen-bond donors (Lipinski definition) is 1. The quantitative estimate of drug-likeness (QED) is 0.488. The maximum atomic E-state index is 14.1. The Labute approximate surface area is 241 Å². The summed E-state index contributed by atoms with van der Waals surface area (Å²) >= 11 is 6.63. The summed E-state index contributed by atoms with van der Waals surface area (Å²) in [5.74, 6) is -1.53. The molecule has 0 bridgehead atoms. The van der Waals surface area contributed by atoms with Crippen LogP contribution in [0.15, 0.2) is 12.1 Å². The van der Waals surface area contributed by atoms with E-state index in [0.29, 0.717) is 61.5 Å². The number of amides is 2. The van der Waals surface area contributed by atoms with Crippen molar-refractivity contribution in [2.24, 2.45) is 24.3 Å². The number of ether oxygens (including phenoxy) is 1. The van der Waals surface area contributed by atoms with Gasteiger partial charge in [0.2, 0.25) is 11.8 Å². The number of benzene rings is 1. The first-order valence-corrected chi connectivity index (χ1v) is 14.2. The highest BCUT2D eigenvalue weighted by Crippen LogP contribution is 2.47. The first-order valence-electron chi connectivity index (χ1n) is 13.8. The normalized spacial score (nSPS) is 26.1. The van der Waals surface area contributed by atoms with Crippen LogP contribution in [0.3, 0.4) is 0 Å². The third-order valence-corrected chi connectivity index (χ3v) is 9.27. The Hall–Kier alpha value is -3.28. The molecule has 1 aromatic carbocycles. The minimum absolute atomic E-state index is 0.0155. The summed E-state index contributed by atoms with van der Waals surface area (Å²) < 4.78 is 34.4. The number of hydrogen-bond acceptors (Lipinski definition) is 6. The molecule has 2 aliphatic heterocycles. The Balaban J connectivity index is 1.54. The van der Waals surface area contributed by atoms with Gasteiger partial charge in [-0.25, -0.2) is 13.5 Å². The van der Waals surface area contributed by atoms with Crippen LogP contribution < -0.4 is 4.74 Å². The molecule has 13 heteroatoms. The summed E-state index contributed by atoms with van der Waals surface area (Å²) in [5.41, 5.74) is -0.212. The molecule has 2 aromatic rings. The summed E-state index contributed by atoms with van der Waals surface area (Å²) in [4.78, 5) is 42.6. The van der Waals surface area contributed by atoms with Crippen LogP contribution in [0.5, 0.6) is 5.75 Å². The average Bonchev–Trinajstić information content (AvgIpc) is 3.59. The molecule has 1 aliphatic carbocycles. The van der Waals surface area contributed by atoms with Crippen LogP contribution in [0.25, 0.3) is 0 Å². The van der Waals surface area contributed by atoms with Crippen LogP contribution in [-0.4, -0.2) is 67.3 Å². The van der Waals surface area contributed by atoms with E-state index in [0.717, 1.165) is 10.2 Å². The highest BCUT2D eigenvalue weighted by Gasteiger charge is 2.51. The smallest absolute Gasteiger partial charge is 0.310 e. The second-order valence-corrected chi connectivity index (χ2v) is 12.1. The van der Waals surface area contributed by atoms with E-state index >= 15 is 0 Å². The Kier molecular flexibility index (Phi) is 7.97. The van der Waals surface area contributed by atoms with E-state index in [1.165, 1.54) is 7.05 Å². The molecule has 2 fully saturated rings. The fourth-order valence-electron chi connectivity index (χ4n) is 6.66. The van der Waals surface area contributed by atoms with E-state index in [-0.39, 0.29) is 42.3 Å². The van der Waals surface area contributed by atoms with Crippen molar-refractivity contribution in [1.29, 1.82) is 0 Å². The largest absolute Gasteiger partial charge is 0.487 e. The molecular weight excluding hydrogens is 560 g/mol. The van der Waals surface area contributed by atoms with Gasteiger partial charge in [-0.05, 0) is 49.8 Å². The Morgan fingerprint density at radius 3 is 2.73 bits per heavy atom. The number of aliphatic carboxylic acids is 1. The number of aromatic nitrogens is 3. The number of carboxylic acids is 1. The van der Waals surface area contributed by atoms with E-state index in [4.69, 9.17) is 16.3 Å². The van der Waals surface area contributed by atoms with Crippen molar-refractivity contribution in [1.82, 2.24) is 24.8 Å². The summed E-state index contributed by atoms with van der Waals surface area (Å²) in [6.07, 6.45) is -0.523. The molecule has 4 atom stereocenters. The molecule has 3 heterocycles. The number of halogens is 3. The summed E-state index contributed by atoms with van der Waals surface area (Å²) in [6.45, 7) is 4.32. The number of nitrogens with zero attached hydrogens (tertiary/aromatic N) is 5. The zero-order valence-corrected chi connectivity index (χ0v) is 24.0. The lowest BCUT2D eigenvalue weighted by atomic mass is 9.78. The van der Waals surface area contributed by atoms with Gasteiger partial charge in [0, 0.05) is 43.7 Å². The van der Waals surface area contributed by atoms with Crippen molar-refractivity contribution in [3.8, 4) is 5.75 Å². The van der Waals surface area contributed by atoms with Crippen LogP contribution >= 0.6 is 11.6 Å². The minimum atomic E-state index is -2.80. The fraction of sp³-hybridized carbons (Fsp3) is 0.607. The van der Waals surface area contributed by atoms with Crippen molar-refractivity contribution in [3.63, 3.8) is 0 Å². The lowest BCUT2D eigenvalue weighted by Crippen LogP contribution is -2.50. The van der Waals surface area contributed by atoms with Gasteiger partial charge in [0.05, 0.1) is 17.4 Å². The maximum absolute atomic E-state index is 14.1. The molecular formula is C28H34ClF2N5O5. The zero-order valence-electron chi connectivity index (χ0n) is 23.3. The van der Waals surface area contributed by atoms with E-state index in [9.17, 15) is 28.3 Å². The molecule has 2 amide bonds. The van der Waals surface area contributed by atoms with Gasteiger partial charge in [-0.2, -0.15) is 0 Å². The molecule has 41 heavy (non-hydrogen) atoms. The Bertz CT molecular complexity index is 1370. The van der Waals surface area contributed by atoms with Gasteiger partial charge in [0.25, 0.3) is 6.43 Å². The topological polar surface area (TPSA) is 118 Å². The van der Waals surface area contributed by atoms with E-state index in [1.807, 2.05) is 6.92 Å². The lowest BCUT2D eigenvalue weighted by molar-refractivity contribution is -0.157. The molecule has 1 aromatic heterocycles. The molecule has 222 valence electrons. The maximum Gasteiger partial charge on any atom is 0.310 e. The number of carboxylic acid groups (broad SMARTS) is 1. The summed E-state index contributed by atoms with van der Waals surface area (Å²) in [7, 11) is 1.38. The standard InChI is InChI=1S/C28H34ClF2N5O5/c1-15-11-22(37)35(12-15)13-20-23-16(8-10-36(20)26(38)17-5-4-9-28(17,2)27(39)40)18(29)6-7-21(23)41-14-19-24(25(30)31)34(3)33-32-19/h6-7,15,17,20,25H,4-5,8-14H2,1-3H3,(H,39,40)/t15-,17?,20+,28?/m0/s1. The molecule has 1 N–H and O–H groups in total. The molecule has 5 rings (SSSR count). The zero-order chi connectivity index (χ0) is 29.6. The number of alkyl halides is 2. The number of rotatable bonds is 8. The van der Waals surface area contributed by atoms with Crippen LogP contribution in [0.4, 0.5) is 8.78 Å². The van der Waals surface area contributed by atoms with E-state index in [1.54, 1.807) is 28.9 Å². The molecule has 0 radical (unpaired) electrons. The van der Waals surface area contributed by atoms with Gasteiger partial charge in [0.1, 0.15) is 23.7 Å². The van der Waals surface area contributed by atoms with Crippen LogP contribution in [-0.2, 0) is 34.5 Å². The lowest BCUT2D eigenvalue weighted by Gasteiger charge is -2.42. The van der Waals surface area contributed by atoms with Gasteiger partial charge >= 0.3 is 5.97 Å². The predicted molar refractivity (Wildman–Crippen MR) is 143 cm³/mol. The summed E-state index contributed by atoms with van der Waals surface area (Å²) in [5, 5.41) is 18.0. The summed E-state index contributed by atoms with van der Waals surface area (Å²) in [6, 6.07) is 2.63. The highest BCUT2D eigenvalue weighted by molar-refractivity contribution is 6.31. The third kappa shape index (κ3) is 5.26. The minimum Gasteiger partial charge on any atom is -0.487 e. The average molecular weight is 594 g/mol. The number of aryl methyl sites for hydroxylation is 1. The van der Waals surface area contributed by atoms with Gasteiger partial charge < -0.3 is 19.6 Å². The van der Waals surface area contributed by atoms with Crippen molar-refractivity contribution >= 4 is 29.4 Å². The van der Waals surface area contributed by atoms with Gasteiger partial charge in [-0.1, -0.05) is 30.2 Å². The van der Waals surface area contributed by atoms with Crippen LogP contribution in [0.1, 0.15) is 74.5 Å². The van der Waals surface area contributed by atoms with Gasteiger partial charge in [-0.15, -0.1) is 5.10 Å². The monoisotopic (exact) mass is 593 g/mol. The van der Waals surface area contributed by atoms with Gasteiger partial charge in [-0.3, -0.25) is 14.4 Å². The first-order chi connectivity index (χ1) is 19.4. The molecule has 10 nitrogen and oxygen atoms in total. The Morgan fingerprint density at radius 2 is 2.07 bits per heavy atom. The van der Waals surface area contributed by atoms with Crippen molar-refractivity contribution < 1.29 is 33.0 Å². The third-order valence-electron chi connectivity index (χ3n) is 8.92. The van der Waals surface area contributed by atoms with Crippen molar-refractivity contribution in [2.75, 3.05) is 19.6 Å². The van der Waals surface area contributed by atoms with E-state index in [2.05, 4.69) is 10.3 Å². The highest BCUT2D eigenvalue weighted by atomic mass is 35.5. The number of likely N-dealkylation sites (tertiary alicyclic amines) is 1. The van der Waals surface area contributed by atoms with Gasteiger partial charge in [0.15, 0.2) is 0 Å². The number of carbonyl (C=O) groups is 3. The molecule has 1 saturated carbocycles. The SMILES string of the molecule is C[C@H]1CC(=O)N(C[C@@H]2c3c(OCc4nnn(C)c4C(F)F)ccc(Cl)c3CCN2C(=O)C2CCCC2(C)C(=O)O)C1. The number of carbonyl (C=O) groups excluding carboxylic acids is 2. The second kappa shape index (κ2) is 11.2. The Morgan fingerprint density at radius 1 is 1.32 bits per heavy atom. The second-order valence-electron chi connectivity index (χ2n) is 11.6. The fourth-order valence-corrected chi connectivity index (χ4v) is 6.92. The van der Waals surface area contributed by atoms with Crippen molar-refractivity contribution in [2.45, 2.75) is 65.0 Å². The molecule has 0 spiro atoms. The number of fused-ring (bicyclic) bond motifs is 1. The van der Waals surface area contributed by atoms with E-state index < -0.39 is 29.8 Å². The molecule has 2 unspecified atom stereocenters. The molecule has 1 saturated heterocycles. The first kappa shape index (κ1) is 29.2. The van der Waals surface area contributed by atoms with Crippen LogP contribution in [0.2, 0.25) is 5.02 Å². The predicted octanol–water partition coefficient (Wildman–Crippen LogP) is 4.17. The van der Waals surface area contributed by atoms with Crippen LogP contribution in [0, 0.1) is 17.3 Å².